The number of rotatable bonds is 14. The van der Waals surface area contributed by atoms with Gasteiger partial charge in [-0.3, -0.25) is 14.4 Å². The lowest BCUT2D eigenvalue weighted by Crippen LogP contribution is -2.50. The zero-order valence-corrected chi connectivity index (χ0v) is 28.4. The van der Waals surface area contributed by atoms with Gasteiger partial charge in [-0.05, 0) is 56.2 Å². The van der Waals surface area contributed by atoms with E-state index in [4.69, 9.17) is 10.5 Å². The van der Waals surface area contributed by atoms with Crippen molar-refractivity contribution in [2.75, 3.05) is 43.1 Å². The molecule has 4 rings (SSSR count). The second-order valence-corrected chi connectivity index (χ2v) is 14.2. The summed E-state index contributed by atoms with van der Waals surface area (Å²) >= 11 is 0. The number of hydrogen-bond acceptors (Lipinski definition) is 8. The largest absolute Gasteiger partial charge is 0.486 e. The Morgan fingerprint density at radius 3 is 2.21 bits per heavy atom. The Labute approximate surface area is 282 Å². The quantitative estimate of drug-likeness (QED) is 0.144. The Morgan fingerprint density at radius 2 is 1.56 bits per heavy atom. The fourth-order valence-electron chi connectivity index (χ4n) is 5.47. The number of anilines is 3. The summed E-state index contributed by atoms with van der Waals surface area (Å²) in [7, 11) is -2.36. The molecule has 0 spiro atoms. The van der Waals surface area contributed by atoms with E-state index in [1.807, 2.05) is 6.92 Å². The number of carbonyl (C=O) groups excluding carboxylic acids is 3. The molecule has 0 radical (unpaired) electrons. The highest BCUT2D eigenvalue weighted by atomic mass is 32.2. The van der Waals surface area contributed by atoms with Crippen LogP contribution < -0.4 is 21.1 Å². The highest BCUT2D eigenvalue weighted by Crippen LogP contribution is 2.35. The van der Waals surface area contributed by atoms with Gasteiger partial charge in [0.1, 0.15) is 6.10 Å². The van der Waals surface area contributed by atoms with Gasteiger partial charge in [-0.2, -0.15) is 4.31 Å². The van der Waals surface area contributed by atoms with Crippen LogP contribution in [0.3, 0.4) is 0 Å². The molecule has 0 aliphatic carbocycles. The van der Waals surface area contributed by atoms with Gasteiger partial charge in [0.05, 0.1) is 46.7 Å². The number of amides is 3. The zero-order chi connectivity index (χ0) is 34.8. The molecule has 12 nitrogen and oxygen atoms in total. The number of likely N-dealkylation sites (N-methyl/N-ethyl adjacent to an activating group) is 1. The van der Waals surface area contributed by atoms with Gasteiger partial charge in [-0.15, -0.1) is 0 Å². The summed E-state index contributed by atoms with van der Waals surface area (Å²) in [5.41, 5.74) is 7.42. The second-order valence-electron chi connectivity index (χ2n) is 12.1. The summed E-state index contributed by atoms with van der Waals surface area (Å²) in [6.07, 6.45) is 1.52. The number of nitrogens with zero attached hydrogens (tertiary/aromatic N) is 2. The number of aliphatic hydroxyl groups excluding tert-OH is 1. The van der Waals surface area contributed by atoms with Crippen LogP contribution in [-0.2, 0) is 19.6 Å². The Hall–Kier alpha value is -4.46. The van der Waals surface area contributed by atoms with Crippen molar-refractivity contribution in [1.29, 1.82) is 0 Å². The lowest BCUT2D eigenvalue weighted by Gasteiger charge is -2.38. The molecule has 3 aromatic carbocycles. The number of aliphatic hydroxyl groups is 1. The summed E-state index contributed by atoms with van der Waals surface area (Å²) in [5.74, 6) is -1.02. The molecule has 1 aliphatic rings. The van der Waals surface area contributed by atoms with E-state index in [0.717, 1.165) is 0 Å². The Bertz CT molecular complexity index is 1690. The number of unbranched alkanes of at least 4 members (excludes halogenated alkanes) is 2. The van der Waals surface area contributed by atoms with Crippen LogP contribution in [0.5, 0.6) is 5.75 Å². The van der Waals surface area contributed by atoms with Gasteiger partial charge in [0.2, 0.25) is 21.8 Å². The van der Waals surface area contributed by atoms with Gasteiger partial charge in [-0.25, -0.2) is 8.42 Å². The van der Waals surface area contributed by atoms with E-state index in [-0.39, 0.29) is 78.1 Å². The van der Waals surface area contributed by atoms with Crippen LogP contribution in [-0.4, -0.2) is 79.3 Å². The summed E-state index contributed by atoms with van der Waals surface area (Å²) < 4.78 is 34.4. The third kappa shape index (κ3) is 9.12. The lowest BCUT2D eigenvalue weighted by atomic mass is 9.99. The second kappa shape index (κ2) is 16.6. The molecule has 0 saturated carbocycles. The van der Waals surface area contributed by atoms with Gasteiger partial charge in [-0.1, -0.05) is 49.7 Å². The van der Waals surface area contributed by atoms with Crippen LogP contribution in [0.15, 0.2) is 77.7 Å². The van der Waals surface area contributed by atoms with Crippen LogP contribution in [0, 0.1) is 5.92 Å². The summed E-state index contributed by atoms with van der Waals surface area (Å²) in [6.45, 7) is 3.52. The van der Waals surface area contributed by atoms with E-state index in [1.165, 1.54) is 23.5 Å². The molecule has 0 fully saturated rings. The Morgan fingerprint density at radius 1 is 0.958 bits per heavy atom. The number of nitrogen functional groups attached to an aromatic ring is 1. The monoisotopic (exact) mass is 679 g/mol. The number of carbonyl (C=O) groups is 3. The molecule has 0 aromatic heterocycles. The molecular formula is C35H45N5O7S. The van der Waals surface area contributed by atoms with Crippen LogP contribution in [0.2, 0.25) is 0 Å². The minimum absolute atomic E-state index is 0.0277. The zero-order valence-electron chi connectivity index (χ0n) is 27.6. The molecular weight excluding hydrogens is 634 g/mol. The van der Waals surface area contributed by atoms with Crippen LogP contribution in [0.1, 0.15) is 56.3 Å². The van der Waals surface area contributed by atoms with Crippen molar-refractivity contribution in [1.82, 2.24) is 9.21 Å². The lowest BCUT2D eigenvalue weighted by molar-refractivity contribution is -0.116. The van der Waals surface area contributed by atoms with E-state index in [1.54, 1.807) is 72.5 Å². The molecule has 1 heterocycles. The minimum Gasteiger partial charge on any atom is -0.486 e. The van der Waals surface area contributed by atoms with Crippen molar-refractivity contribution >= 4 is 44.8 Å². The molecule has 48 heavy (non-hydrogen) atoms. The first-order valence-electron chi connectivity index (χ1n) is 16.1. The number of sulfonamides is 1. The number of benzene rings is 3. The van der Waals surface area contributed by atoms with E-state index < -0.39 is 22.2 Å². The molecule has 3 aromatic rings. The van der Waals surface area contributed by atoms with E-state index in [2.05, 4.69) is 10.6 Å². The van der Waals surface area contributed by atoms with E-state index in [0.29, 0.717) is 30.6 Å². The highest BCUT2D eigenvalue weighted by Gasteiger charge is 2.36. The van der Waals surface area contributed by atoms with Crippen molar-refractivity contribution in [2.24, 2.45) is 5.92 Å². The maximum absolute atomic E-state index is 13.8. The van der Waals surface area contributed by atoms with Crippen molar-refractivity contribution in [3.63, 3.8) is 0 Å². The Balaban J connectivity index is 1.46. The molecule has 3 amide bonds. The van der Waals surface area contributed by atoms with Gasteiger partial charge in [0, 0.05) is 32.4 Å². The molecule has 0 bridgehead atoms. The van der Waals surface area contributed by atoms with Crippen LogP contribution in [0.4, 0.5) is 17.1 Å². The molecule has 258 valence electrons. The first-order chi connectivity index (χ1) is 22.9. The molecule has 0 unspecified atom stereocenters. The Kier molecular flexibility index (Phi) is 12.6. The van der Waals surface area contributed by atoms with Crippen molar-refractivity contribution in [2.45, 2.75) is 63.0 Å². The van der Waals surface area contributed by atoms with Crippen LogP contribution in [0.25, 0.3) is 0 Å². The highest BCUT2D eigenvalue weighted by molar-refractivity contribution is 7.89. The summed E-state index contributed by atoms with van der Waals surface area (Å²) in [5, 5.41) is 15.6. The molecule has 5 N–H and O–H groups in total. The standard InChI is InChI=1S/C35H45N5O7S/c1-24-21-40(25(2)23-41)35(44)27-15-12-18-30(34(27)47-31(24)22-39(3)48(45,46)26-13-6-4-7-14-26)38-33(43)20-9-5-8-19-32(42)37-29-17-11-10-16-28(29)36/h4,6-7,10-18,24-25,31,41H,5,8-9,19-23,36H2,1-3H3,(H,37,42)(H,38,43)/t24-,25-,31+/m0/s1. The summed E-state index contributed by atoms with van der Waals surface area (Å²) in [6, 6.07) is 19.5. The number of nitrogens with one attached hydrogen (secondary N) is 2. The molecule has 13 heteroatoms. The third-order valence-electron chi connectivity index (χ3n) is 8.40. The SMILES string of the molecule is C[C@H]1CN([C@@H](C)CO)C(=O)c2cccc(NC(=O)CCCCCC(=O)Nc3ccccc3N)c2O[C@@H]1CN(C)S(=O)(=O)c1ccccc1. The smallest absolute Gasteiger partial charge is 0.258 e. The number of fused-ring (bicyclic) bond motifs is 1. The number of nitrogens with two attached hydrogens (primary N) is 1. The van der Waals surface area contributed by atoms with Gasteiger partial charge in [0.25, 0.3) is 5.91 Å². The first kappa shape index (κ1) is 36.4. The number of para-hydroxylation sites is 3. The molecule has 0 saturated heterocycles. The minimum atomic E-state index is -3.84. The average Bonchev–Trinajstić information content (AvgIpc) is 3.07. The molecule has 1 aliphatic heterocycles. The summed E-state index contributed by atoms with van der Waals surface area (Å²) in [4.78, 5) is 40.8. The van der Waals surface area contributed by atoms with Gasteiger partial charge in [0.15, 0.2) is 5.75 Å². The topological polar surface area (TPSA) is 171 Å². The van der Waals surface area contributed by atoms with Gasteiger partial charge < -0.3 is 31.1 Å². The van der Waals surface area contributed by atoms with Crippen molar-refractivity contribution in [3.8, 4) is 5.75 Å². The predicted molar refractivity (Wildman–Crippen MR) is 185 cm³/mol. The normalized spacial score (nSPS) is 17.1. The van der Waals surface area contributed by atoms with Crippen molar-refractivity contribution < 1.29 is 32.6 Å². The number of hydrogen-bond donors (Lipinski definition) is 4. The molecule has 3 atom stereocenters. The van der Waals surface area contributed by atoms with E-state index in [9.17, 15) is 27.9 Å². The van der Waals surface area contributed by atoms with Crippen LogP contribution >= 0.6 is 0 Å². The van der Waals surface area contributed by atoms with E-state index >= 15 is 0 Å². The predicted octanol–water partition coefficient (Wildman–Crippen LogP) is 4.34. The fourth-order valence-corrected chi connectivity index (χ4v) is 6.67. The van der Waals surface area contributed by atoms with Crippen molar-refractivity contribution in [3.05, 3.63) is 78.4 Å². The van der Waals surface area contributed by atoms with Gasteiger partial charge >= 0.3 is 0 Å². The number of ether oxygens (including phenoxy) is 1. The third-order valence-corrected chi connectivity index (χ3v) is 10.2. The maximum Gasteiger partial charge on any atom is 0.258 e. The fraction of sp³-hybridized carbons (Fsp3) is 0.400. The first-order valence-corrected chi connectivity index (χ1v) is 17.5. The average molecular weight is 680 g/mol. The maximum atomic E-state index is 13.8.